The molecule has 0 aliphatic rings. The van der Waals surface area contributed by atoms with Gasteiger partial charge in [-0.3, -0.25) is 4.79 Å². The van der Waals surface area contributed by atoms with Crippen LogP contribution in [0.3, 0.4) is 0 Å². The summed E-state index contributed by atoms with van der Waals surface area (Å²) in [6.45, 7) is 5.59. The molecule has 0 aromatic heterocycles. The van der Waals surface area contributed by atoms with Gasteiger partial charge in [0.1, 0.15) is 36.4 Å². The number of hydrogen-bond acceptors (Lipinski definition) is 6. The fraction of sp³-hybridized carbons (Fsp3) is 0.176. The number of rotatable bonds is 13. The first kappa shape index (κ1) is 31.7. The Hall–Kier alpha value is -4.26. The fourth-order valence-electron chi connectivity index (χ4n) is 4.04. The molecule has 0 aliphatic carbocycles. The minimum absolute atomic E-state index is 0.0422. The number of carbonyl (C=O) groups excluding carboxylic acids is 1. The molecule has 4 rings (SSSR count). The van der Waals surface area contributed by atoms with Gasteiger partial charge in [0.15, 0.2) is 11.5 Å². The summed E-state index contributed by atoms with van der Waals surface area (Å²) in [7, 11) is 0. The second-order valence-electron chi connectivity index (χ2n) is 9.17. The third-order valence-corrected chi connectivity index (χ3v) is 7.23. The van der Waals surface area contributed by atoms with Crippen LogP contribution in [0.4, 0.5) is 5.69 Å². The largest absolute Gasteiger partial charge is 0.494 e. The van der Waals surface area contributed by atoms with Crippen molar-refractivity contribution in [3.05, 3.63) is 116 Å². The van der Waals surface area contributed by atoms with Crippen LogP contribution in [0.25, 0.3) is 6.08 Å². The summed E-state index contributed by atoms with van der Waals surface area (Å²) in [4.78, 5) is 12.8. The Labute approximate surface area is 268 Å². The number of amides is 1. The molecule has 0 atom stereocenters. The molecule has 220 valence electrons. The van der Waals surface area contributed by atoms with E-state index in [1.807, 2.05) is 68.4 Å². The number of ether oxygens (including phenoxy) is 4. The maximum absolute atomic E-state index is 12.8. The Morgan fingerprint density at radius 3 is 2.12 bits per heavy atom. The molecule has 0 saturated carbocycles. The SMILES string of the molecule is CCOc1ccc(NC(=O)/C(C#N)=C/c2cc(Br)c(OCc3ccc(OCc4ccccc4)c(OCC)c3)c(Br)c2)cc1. The summed E-state index contributed by atoms with van der Waals surface area (Å²) in [6, 6.07) is 28.2. The topological polar surface area (TPSA) is 89.8 Å². The first-order chi connectivity index (χ1) is 20.9. The van der Waals surface area contributed by atoms with Crippen molar-refractivity contribution in [2.75, 3.05) is 18.5 Å². The van der Waals surface area contributed by atoms with Gasteiger partial charge in [-0.1, -0.05) is 36.4 Å². The van der Waals surface area contributed by atoms with Gasteiger partial charge in [0.2, 0.25) is 0 Å². The molecule has 0 saturated heterocycles. The quantitative estimate of drug-likeness (QED) is 0.111. The summed E-state index contributed by atoms with van der Waals surface area (Å²) in [5, 5.41) is 12.4. The minimum Gasteiger partial charge on any atom is -0.494 e. The van der Waals surface area contributed by atoms with E-state index in [-0.39, 0.29) is 12.2 Å². The van der Waals surface area contributed by atoms with E-state index >= 15 is 0 Å². The van der Waals surface area contributed by atoms with Crippen molar-refractivity contribution >= 4 is 49.5 Å². The monoisotopic (exact) mass is 704 g/mol. The number of nitriles is 1. The van der Waals surface area contributed by atoms with Gasteiger partial charge in [0, 0.05) is 5.69 Å². The molecule has 0 heterocycles. The lowest BCUT2D eigenvalue weighted by Crippen LogP contribution is -2.13. The van der Waals surface area contributed by atoms with Gasteiger partial charge in [0.05, 0.1) is 22.2 Å². The Morgan fingerprint density at radius 1 is 0.791 bits per heavy atom. The van der Waals surface area contributed by atoms with E-state index < -0.39 is 5.91 Å². The molecule has 0 spiro atoms. The van der Waals surface area contributed by atoms with Crippen LogP contribution < -0.4 is 24.3 Å². The van der Waals surface area contributed by atoms with E-state index in [1.54, 1.807) is 36.4 Å². The molecule has 7 nitrogen and oxygen atoms in total. The summed E-state index contributed by atoms with van der Waals surface area (Å²) in [5.74, 6) is 2.07. The molecule has 1 N–H and O–H groups in total. The molecule has 0 radical (unpaired) electrons. The minimum atomic E-state index is -0.513. The van der Waals surface area contributed by atoms with Crippen LogP contribution in [-0.4, -0.2) is 19.1 Å². The Morgan fingerprint density at radius 2 is 1.47 bits per heavy atom. The molecular formula is C34H30Br2N2O5. The van der Waals surface area contributed by atoms with Crippen LogP contribution in [0.2, 0.25) is 0 Å². The van der Waals surface area contributed by atoms with Gasteiger partial charge in [-0.2, -0.15) is 5.26 Å². The van der Waals surface area contributed by atoms with Crippen molar-refractivity contribution in [1.29, 1.82) is 5.26 Å². The Balaban J connectivity index is 1.43. The summed E-state index contributed by atoms with van der Waals surface area (Å²) in [6.07, 6.45) is 1.52. The number of nitrogens with zero attached hydrogens (tertiary/aromatic N) is 1. The lowest BCUT2D eigenvalue weighted by Gasteiger charge is -2.15. The Kier molecular flexibility index (Phi) is 11.7. The van der Waals surface area contributed by atoms with E-state index in [4.69, 9.17) is 18.9 Å². The number of hydrogen-bond donors (Lipinski definition) is 1. The molecule has 0 unspecified atom stereocenters. The van der Waals surface area contributed by atoms with E-state index in [9.17, 15) is 10.1 Å². The zero-order chi connectivity index (χ0) is 30.6. The first-order valence-electron chi connectivity index (χ1n) is 13.6. The van der Waals surface area contributed by atoms with Crippen molar-refractivity contribution in [1.82, 2.24) is 0 Å². The van der Waals surface area contributed by atoms with Gasteiger partial charge in [-0.05, 0) is 117 Å². The van der Waals surface area contributed by atoms with Crippen LogP contribution in [0, 0.1) is 11.3 Å². The van der Waals surface area contributed by atoms with E-state index in [0.717, 1.165) is 11.1 Å². The molecular weight excluding hydrogens is 676 g/mol. The highest BCUT2D eigenvalue weighted by Crippen LogP contribution is 2.37. The standard InChI is InChI=1S/C34H30Br2N2O5/c1-3-40-28-13-11-27(12-14-28)38-34(39)26(20-37)16-25-17-29(35)33(30(36)18-25)43-22-24-10-15-31(32(19-24)41-4-2)42-21-23-8-6-5-7-9-23/h5-19H,3-4,21-22H2,1-2H3,(H,38,39)/b26-16+. The lowest BCUT2D eigenvalue weighted by atomic mass is 10.1. The van der Waals surface area contributed by atoms with Crippen molar-refractivity contribution < 1.29 is 23.7 Å². The summed E-state index contributed by atoms with van der Waals surface area (Å²) < 4.78 is 24.7. The van der Waals surface area contributed by atoms with Crippen molar-refractivity contribution in [3.63, 3.8) is 0 Å². The van der Waals surface area contributed by atoms with Gasteiger partial charge in [0.25, 0.3) is 5.91 Å². The van der Waals surface area contributed by atoms with E-state index in [1.165, 1.54) is 6.08 Å². The fourth-order valence-corrected chi connectivity index (χ4v) is 5.49. The highest BCUT2D eigenvalue weighted by atomic mass is 79.9. The van der Waals surface area contributed by atoms with Gasteiger partial charge >= 0.3 is 0 Å². The lowest BCUT2D eigenvalue weighted by molar-refractivity contribution is -0.112. The van der Waals surface area contributed by atoms with Crippen LogP contribution in [0.15, 0.2) is 99.4 Å². The van der Waals surface area contributed by atoms with Gasteiger partial charge in [-0.25, -0.2) is 0 Å². The average molecular weight is 706 g/mol. The molecule has 0 bridgehead atoms. The van der Waals surface area contributed by atoms with Crippen molar-refractivity contribution in [2.24, 2.45) is 0 Å². The molecule has 4 aromatic rings. The van der Waals surface area contributed by atoms with Crippen LogP contribution in [0.5, 0.6) is 23.0 Å². The highest BCUT2D eigenvalue weighted by Gasteiger charge is 2.14. The number of carbonyl (C=O) groups is 1. The smallest absolute Gasteiger partial charge is 0.266 e. The van der Waals surface area contributed by atoms with Crippen LogP contribution in [0.1, 0.15) is 30.5 Å². The number of anilines is 1. The summed E-state index contributed by atoms with van der Waals surface area (Å²) >= 11 is 7.13. The third-order valence-electron chi connectivity index (χ3n) is 6.05. The van der Waals surface area contributed by atoms with Gasteiger partial charge in [-0.15, -0.1) is 0 Å². The van der Waals surface area contributed by atoms with Gasteiger partial charge < -0.3 is 24.3 Å². The molecule has 43 heavy (non-hydrogen) atoms. The molecule has 0 aliphatic heterocycles. The zero-order valence-electron chi connectivity index (χ0n) is 23.7. The predicted octanol–water partition coefficient (Wildman–Crippen LogP) is 8.71. The second-order valence-corrected chi connectivity index (χ2v) is 10.9. The predicted molar refractivity (Wildman–Crippen MR) is 174 cm³/mol. The highest BCUT2D eigenvalue weighted by molar-refractivity contribution is 9.11. The zero-order valence-corrected chi connectivity index (χ0v) is 26.9. The maximum Gasteiger partial charge on any atom is 0.266 e. The second kappa shape index (κ2) is 15.8. The Bertz CT molecular complexity index is 1590. The van der Waals surface area contributed by atoms with E-state index in [0.29, 0.717) is 63.0 Å². The third kappa shape index (κ3) is 9.11. The first-order valence-corrected chi connectivity index (χ1v) is 15.2. The normalized spacial score (nSPS) is 10.9. The van der Waals surface area contributed by atoms with Crippen molar-refractivity contribution in [3.8, 4) is 29.1 Å². The molecule has 1 amide bonds. The number of benzene rings is 4. The molecule has 4 aromatic carbocycles. The van der Waals surface area contributed by atoms with Crippen molar-refractivity contribution in [2.45, 2.75) is 27.1 Å². The number of nitrogens with one attached hydrogen (secondary N) is 1. The molecule has 0 fully saturated rings. The molecule has 9 heteroatoms. The average Bonchev–Trinajstić information content (AvgIpc) is 3.00. The van der Waals surface area contributed by atoms with Crippen LogP contribution >= 0.6 is 31.9 Å². The maximum atomic E-state index is 12.8. The van der Waals surface area contributed by atoms with Crippen LogP contribution in [-0.2, 0) is 18.0 Å². The number of halogens is 2. The van der Waals surface area contributed by atoms with E-state index in [2.05, 4.69) is 37.2 Å². The summed E-state index contributed by atoms with van der Waals surface area (Å²) in [5.41, 5.74) is 3.13.